The van der Waals surface area contributed by atoms with Gasteiger partial charge in [-0.2, -0.15) is 0 Å². The fourth-order valence-electron chi connectivity index (χ4n) is 6.95. The maximum absolute atomic E-state index is 13.1. The Morgan fingerprint density at radius 1 is 1.03 bits per heavy atom. The van der Waals surface area contributed by atoms with Crippen molar-refractivity contribution in [1.29, 1.82) is 0 Å². The average Bonchev–Trinajstić information content (AvgIpc) is 2.76. The summed E-state index contributed by atoms with van der Waals surface area (Å²) in [5.41, 5.74) is 2.44. The first-order chi connectivity index (χ1) is 15.4. The first-order valence-corrected chi connectivity index (χ1v) is 12.3. The summed E-state index contributed by atoms with van der Waals surface area (Å²) in [6.07, 6.45) is 8.60. The first kappa shape index (κ1) is 22.0. The number of halogens is 2. The van der Waals surface area contributed by atoms with E-state index in [4.69, 9.17) is 21.1 Å². The Labute approximate surface area is 195 Å². The molecule has 0 heterocycles. The molecule has 0 saturated heterocycles. The van der Waals surface area contributed by atoms with E-state index in [2.05, 4.69) is 12.2 Å². The van der Waals surface area contributed by atoms with Crippen molar-refractivity contribution in [2.24, 2.45) is 23.2 Å². The van der Waals surface area contributed by atoms with Gasteiger partial charge in [0.15, 0.2) is 11.5 Å². The van der Waals surface area contributed by atoms with Crippen LogP contribution in [0.25, 0.3) is 0 Å². The number of benzene rings is 2. The van der Waals surface area contributed by atoms with Gasteiger partial charge in [-0.15, -0.1) is 0 Å². The van der Waals surface area contributed by atoms with Crippen molar-refractivity contribution in [3.05, 3.63) is 58.4 Å². The minimum Gasteiger partial charge on any atom is -0.493 e. The Morgan fingerprint density at radius 2 is 1.66 bits per heavy atom. The Morgan fingerprint density at radius 3 is 2.25 bits per heavy atom. The molecule has 0 amide bonds. The fourth-order valence-corrected chi connectivity index (χ4v) is 7.23. The molecule has 32 heavy (non-hydrogen) atoms. The van der Waals surface area contributed by atoms with E-state index in [-0.39, 0.29) is 5.82 Å². The first-order valence-electron chi connectivity index (χ1n) is 11.9. The fraction of sp³-hybridized carbons (Fsp3) is 0.556. The van der Waals surface area contributed by atoms with Crippen molar-refractivity contribution in [1.82, 2.24) is 5.32 Å². The highest BCUT2D eigenvalue weighted by Crippen LogP contribution is 2.61. The molecule has 4 aliphatic carbocycles. The molecule has 1 atom stereocenters. The zero-order valence-electron chi connectivity index (χ0n) is 19.0. The molecule has 4 bridgehead atoms. The van der Waals surface area contributed by atoms with Crippen LogP contribution in [0, 0.1) is 29.0 Å². The van der Waals surface area contributed by atoms with Gasteiger partial charge in [-0.1, -0.05) is 23.7 Å². The van der Waals surface area contributed by atoms with Gasteiger partial charge in [0.05, 0.1) is 12.1 Å². The number of hydrogen-bond donors (Lipinski definition) is 1. The molecule has 0 unspecified atom stereocenters. The minimum atomic E-state index is -0.260. The zero-order valence-corrected chi connectivity index (χ0v) is 19.8. The van der Waals surface area contributed by atoms with Crippen LogP contribution in [0.5, 0.6) is 11.5 Å². The largest absolute Gasteiger partial charge is 0.493 e. The highest BCUT2D eigenvalue weighted by Gasteiger charge is 2.52. The minimum absolute atomic E-state index is 0.260. The second-order valence-electron chi connectivity index (χ2n) is 10.4. The molecule has 4 aliphatic rings. The summed E-state index contributed by atoms with van der Waals surface area (Å²) in [5.74, 6) is 3.76. The molecule has 0 aromatic heterocycles. The maximum Gasteiger partial charge on any atom is 0.180 e. The molecule has 0 aliphatic heterocycles. The summed E-state index contributed by atoms with van der Waals surface area (Å²) >= 11 is 6.58. The topological polar surface area (TPSA) is 30.5 Å². The van der Waals surface area contributed by atoms with Crippen LogP contribution in [0.15, 0.2) is 36.4 Å². The predicted octanol–water partition coefficient (Wildman–Crippen LogP) is 6.76. The van der Waals surface area contributed by atoms with Crippen molar-refractivity contribution < 1.29 is 13.9 Å². The third kappa shape index (κ3) is 4.36. The maximum atomic E-state index is 13.1. The SMILES string of the molecule is COc1cc(CN[C@@H](C)C23CC4CC(CC(C4)C2)C3)cc(Cl)c1OCc1ccc(F)cc1. The van der Waals surface area contributed by atoms with Crippen LogP contribution in [0.4, 0.5) is 4.39 Å². The summed E-state index contributed by atoms with van der Waals surface area (Å²) < 4.78 is 24.6. The lowest BCUT2D eigenvalue weighted by molar-refractivity contribution is -0.0706. The van der Waals surface area contributed by atoms with Gasteiger partial charge in [0.2, 0.25) is 0 Å². The number of ether oxygens (including phenoxy) is 2. The van der Waals surface area contributed by atoms with Gasteiger partial charge in [-0.3, -0.25) is 0 Å². The van der Waals surface area contributed by atoms with Crippen LogP contribution in [-0.4, -0.2) is 13.2 Å². The van der Waals surface area contributed by atoms with E-state index in [0.717, 1.165) is 35.4 Å². The number of nitrogens with one attached hydrogen (secondary N) is 1. The second kappa shape index (κ2) is 8.87. The highest BCUT2D eigenvalue weighted by molar-refractivity contribution is 6.32. The molecule has 172 valence electrons. The van der Waals surface area contributed by atoms with Crippen molar-refractivity contribution in [3.63, 3.8) is 0 Å². The number of hydrogen-bond acceptors (Lipinski definition) is 3. The highest BCUT2D eigenvalue weighted by atomic mass is 35.5. The lowest BCUT2D eigenvalue weighted by atomic mass is 9.48. The molecule has 2 aromatic rings. The van der Waals surface area contributed by atoms with E-state index >= 15 is 0 Å². The van der Waals surface area contributed by atoms with E-state index in [1.165, 1.54) is 50.7 Å². The smallest absolute Gasteiger partial charge is 0.180 e. The van der Waals surface area contributed by atoms with Crippen molar-refractivity contribution in [2.45, 2.75) is 64.6 Å². The van der Waals surface area contributed by atoms with Crippen molar-refractivity contribution in [2.75, 3.05) is 7.11 Å². The molecule has 6 rings (SSSR count). The van der Waals surface area contributed by atoms with Gasteiger partial charge in [0, 0.05) is 12.6 Å². The summed E-state index contributed by atoms with van der Waals surface area (Å²) in [6.45, 7) is 3.44. The van der Waals surface area contributed by atoms with E-state index < -0.39 is 0 Å². The van der Waals surface area contributed by atoms with Gasteiger partial charge in [0.25, 0.3) is 0 Å². The monoisotopic (exact) mass is 457 g/mol. The van der Waals surface area contributed by atoms with Gasteiger partial charge >= 0.3 is 0 Å². The normalized spacial score (nSPS) is 29.2. The van der Waals surface area contributed by atoms with E-state index in [1.54, 1.807) is 19.2 Å². The molecule has 2 aromatic carbocycles. The number of rotatable bonds is 8. The van der Waals surface area contributed by atoms with Crippen LogP contribution in [-0.2, 0) is 13.2 Å². The molecular formula is C27H33ClFNO2. The summed E-state index contributed by atoms with van der Waals surface area (Å²) in [5, 5.41) is 4.36. The molecule has 3 nitrogen and oxygen atoms in total. The molecule has 4 fully saturated rings. The Kier molecular flexibility index (Phi) is 6.11. The van der Waals surface area contributed by atoms with E-state index in [9.17, 15) is 4.39 Å². The van der Waals surface area contributed by atoms with E-state index in [0.29, 0.717) is 34.6 Å². The van der Waals surface area contributed by atoms with Crippen molar-refractivity contribution >= 4 is 11.6 Å². The lowest BCUT2D eigenvalue weighted by Crippen LogP contribution is -2.54. The summed E-state index contributed by atoms with van der Waals surface area (Å²) in [6, 6.07) is 10.7. The van der Waals surface area contributed by atoms with E-state index in [1.807, 2.05) is 12.1 Å². The zero-order chi connectivity index (χ0) is 22.3. The predicted molar refractivity (Wildman–Crippen MR) is 126 cm³/mol. The van der Waals surface area contributed by atoms with Crippen molar-refractivity contribution in [3.8, 4) is 11.5 Å². The molecule has 5 heteroatoms. The molecule has 1 N–H and O–H groups in total. The molecule has 0 radical (unpaired) electrons. The van der Waals surface area contributed by atoms with Crippen LogP contribution in [0.3, 0.4) is 0 Å². The van der Waals surface area contributed by atoms with Gasteiger partial charge < -0.3 is 14.8 Å². The van der Waals surface area contributed by atoms with Gasteiger partial charge in [-0.25, -0.2) is 4.39 Å². The lowest BCUT2D eigenvalue weighted by Gasteiger charge is -2.59. The number of methoxy groups -OCH3 is 1. The van der Waals surface area contributed by atoms with Crippen LogP contribution in [0.1, 0.15) is 56.6 Å². The van der Waals surface area contributed by atoms with Crippen LogP contribution in [0.2, 0.25) is 5.02 Å². The Balaban J connectivity index is 1.24. The van der Waals surface area contributed by atoms with Crippen LogP contribution >= 0.6 is 11.6 Å². The molecule has 0 spiro atoms. The Hall–Kier alpha value is -1.78. The second-order valence-corrected chi connectivity index (χ2v) is 10.8. The van der Waals surface area contributed by atoms with Crippen LogP contribution < -0.4 is 14.8 Å². The third-order valence-electron chi connectivity index (χ3n) is 8.20. The summed E-state index contributed by atoms with van der Waals surface area (Å²) in [4.78, 5) is 0. The quantitative estimate of drug-likeness (QED) is 0.475. The van der Waals surface area contributed by atoms with Gasteiger partial charge in [0.1, 0.15) is 12.4 Å². The Bertz CT molecular complexity index is 926. The summed E-state index contributed by atoms with van der Waals surface area (Å²) in [7, 11) is 1.63. The molecular weight excluding hydrogens is 425 g/mol. The standard InChI is InChI=1S/C27H33ClFNO2/c1-17(27-12-19-7-20(13-27)9-21(8-19)14-27)30-15-22-10-24(28)26(25(11-22)31-2)32-16-18-3-5-23(29)6-4-18/h3-6,10-11,17,19-21,30H,7-9,12-16H2,1-2H3/t17-,19?,20?,21?,27?/m0/s1. The van der Waals surface area contributed by atoms with Gasteiger partial charge in [-0.05, 0) is 104 Å². The third-order valence-corrected chi connectivity index (χ3v) is 8.48. The molecule has 4 saturated carbocycles. The average molecular weight is 458 g/mol.